The number of esters is 1. The van der Waals surface area contributed by atoms with Gasteiger partial charge in [-0.15, -0.1) is 0 Å². The van der Waals surface area contributed by atoms with Crippen molar-refractivity contribution >= 4 is 5.97 Å². The number of aryl methyl sites for hydroxylation is 1. The van der Waals surface area contributed by atoms with E-state index in [2.05, 4.69) is 36.1 Å². The average molecular weight is 399 g/mol. The summed E-state index contributed by atoms with van der Waals surface area (Å²) in [6.45, 7) is 5.92. The average Bonchev–Trinajstić information content (AvgIpc) is 3.16. The first-order valence-electron chi connectivity index (χ1n) is 10.0. The van der Waals surface area contributed by atoms with E-state index in [1.54, 1.807) is 0 Å². The van der Waals surface area contributed by atoms with Gasteiger partial charge in [0.15, 0.2) is 11.5 Å². The monoisotopic (exact) mass is 399 g/mol. The lowest BCUT2D eigenvalue weighted by Gasteiger charge is -2.25. The van der Waals surface area contributed by atoms with Crippen molar-refractivity contribution in [1.29, 1.82) is 0 Å². The highest BCUT2D eigenvalue weighted by molar-refractivity contribution is 5.69. The molecule has 156 valence electrons. The highest BCUT2D eigenvalue weighted by atomic mass is 16.7. The van der Waals surface area contributed by atoms with Gasteiger partial charge in [-0.1, -0.05) is 42.8 Å². The molecule has 29 heavy (non-hydrogen) atoms. The van der Waals surface area contributed by atoms with Crippen molar-refractivity contribution in [3.8, 4) is 11.5 Å². The summed E-state index contributed by atoms with van der Waals surface area (Å²) in [5.41, 5.74) is 3.43. The lowest BCUT2D eigenvalue weighted by Crippen LogP contribution is -2.34. The summed E-state index contributed by atoms with van der Waals surface area (Å²) >= 11 is 0. The van der Waals surface area contributed by atoms with Crippen LogP contribution in [0.2, 0.25) is 0 Å². The molecule has 0 amide bonds. The van der Waals surface area contributed by atoms with Gasteiger partial charge in [-0.2, -0.15) is 0 Å². The highest BCUT2D eigenvalue weighted by Gasteiger charge is 2.18. The van der Waals surface area contributed by atoms with E-state index < -0.39 is 6.10 Å². The summed E-state index contributed by atoms with van der Waals surface area (Å²) in [5.74, 6) is 1.22. The first-order valence-corrected chi connectivity index (χ1v) is 10.0. The molecule has 6 heteroatoms. The van der Waals surface area contributed by atoms with E-state index in [0.29, 0.717) is 26.1 Å². The molecule has 6 nitrogen and oxygen atoms in total. The minimum absolute atomic E-state index is 0.00434. The second-order valence-electron chi connectivity index (χ2n) is 7.43. The zero-order valence-corrected chi connectivity index (χ0v) is 17.1. The van der Waals surface area contributed by atoms with Crippen LogP contribution in [-0.4, -0.2) is 42.0 Å². The van der Waals surface area contributed by atoms with Crippen LogP contribution in [0.5, 0.6) is 11.5 Å². The van der Waals surface area contributed by atoms with E-state index in [1.165, 1.54) is 5.56 Å². The number of ether oxygens (including phenoxy) is 3. The Kier molecular flexibility index (Phi) is 7.49. The second-order valence-corrected chi connectivity index (χ2v) is 7.43. The van der Waals surface area contributed by atoms with Crippen LogP contribution in [0, 0.1) is 6.92 Å². The number of nitrogens with zero attached hydrogens (tertiary/aromatic N) is 1. The number of carbonyl (C=O) groups excluding carboxylic acids is 1. The largest absolute Gasteiger partial charge is 0.463 e. The van der Waals surface area contributed by atoms with Gasteiger partial charge in [0.25, 0.3) is 0 Å². The molecule has 2 aromatic carbocycles. The maximum absolute atomic E-state index is 11.6. The van der Waals surface area contributed by atoms with E-state index in [9.17, 15) is 9.90 Å². The predicted molar refractivity (Wildman–Crippen MR) is 110 cm³/mol. The van der Waals surface area contributed by atoms with Crippen molar-refractivity contribution in [2.45, 2.75) is 45.9 Å². The third-order valence-electron chi connectivity index (χ3n) is 4.73. The Hall–Kier alpha value is -2.57. The first-order chi connectivity index (χ1) is 14.0. The first kappa shape index (κ1) is 21.1. The molecule has 0 radical (unpaired) electrons. The van der Waals surface area contributed by atoms with Gasteiger partial charge in [0, 0.05) is 26.1 Å². The molecule has 1 heterocycles. The van der Waals surface area contributed by atoms with Crippen molar-refractivity contribution in [3.63, 3.8) is 0 Å². The lowest BCUT2D eigenvalue weighted by atomic mass is 10.1. The number of benzene rings is 2. The Bertz CT molecular complexity index is 805. The molecule has 3 rings (SSSR count). The third-order valence-corrected chi connectivity index (χ3v) is 4.73. The maximum atomic E-state index is 11.6. The van der Waals surface area contributed by atoms with Crippen molar-refractivity contribution in [2.24, 2.45) is 0 Å². The van der Waals surface area contributed by atoms with Gasteiger partial charge in [-0.3, -0.25) is 9.69 Å². The van der Waals surface area contributed by atoms with Crippen LogP contribution in [0.15, 0.2) is 42.5 Å². The molecule has 0 bridgehead atoms. The van der Waals surface area contributed by atoms with Gasteiger partial charge in [0.2, 0.25) is 6.79 Å². The van der Waals surface area contributed by atoms with Gasteiger partial charge in [-0.05, 0) is 36.6 Å². The zero-order valence-electron chi connectivity index (χ0n) is 17.1. The van der Waals surface area contributed by atoms with E-state index in [1.807, 2.05) is 25.1 Å². The van der Waals surface area contributed by atoms with Crippen LogP contribution in [0.3, 0.4) is 0 Å². The smallest absolute Gasteiger partial charge is 0.305 e. The van der Waals surface area contributed by atoms with Crippen LogP contribution in [0.1, 0.15) is 36.5 Å². The van der Waals surface area contributed by atoms with E-state index in [-0.39, 0.29) is 19.4 Å². The van der Waals surface area contributed by atoms with E-state index in [0.717, 1.165) is 29.0 Å². The zero-order chi connectivity index (χ0) is 20.6. The van der Waals surface area contributed by atoms with Crippen molar-refractivity contribution in [1.82, 2.24) is 4.90 Å². The highest BCUT2D eigenvalue weighted by Crippen LogP contribution is 2.33. The molecule has 0 aliphatic carbocycles. The SMILES string of the molecule is CCCC(=O)OCC(O)CN(Cc1ccc(C)cc1)Cc1ccc2c(c1)OCO2. The molecule has 1 aliphatic rings. The normalized spacial score (nSPS) is 13.5. The minimum atomic E-state index is -0.754. The molecule has 0 saturated carbocycles. The Balaban J connectivity index is 1.65. The van der Waals surface area contributed by atoms with Crippen molar-refractivity contribution < 1.29 is 24.1 Å². The van der Waals surface area contributed by atoms with Crippen molar-refractivity contribution in [2.75, 3.05) is 19.9 Å². The summed E-state index contributed by atoms with van der Waals surface area (Å²) in [5, 5.41) is 10.4. The molecule has 0 aromatic heterocycles. The predicted octanol–water partition coefficient (Wildman–Crippen LogP) is 3.43. The third kappa shape index (κ3) is 6.48. The second kappa shape index (κ2) is 10.3. The molecule has 0 saturated heterocycles. The number of carbonyl (C=O) groups is 1. The summed E-state index contributed by atoms with van der Waals surface area (Å²) in [6.07, 6.45) is 0.352. The number of hydrogen-bond donors (Lipinski definition) is 1. The number of aliphatic hydroxyl groups excluding tert-OH is 1. The van der Waals surface area contributed by atoms with E-state index in [4.69, 9.17) is 14.2 Å². The van der Waals surface area contributed by atoms with Crippen LogP contribution < -0.4 is 9.47 Å². The topological polar surface area (TPSA) is 68.2 Å². The summed E-state index contributed by atoms with van der Waals surface area (Å²) in [4.78, 5) is 13.7. The van der Waals surface area contributed by atoms with Gasteiger partial charge in [0.05, 0.1) is 0 Å². The van der Waals surface area contributed by atoms with Crippen molar-refractivity contribution in [3.05, 3.63) is 59.2 Å². The summed E-state index contributed by atoms with van der Waals surface area (Å²) < 4.78 is 16.0. The fourth-order valence-electron chi connectivity index (χ4n) is 3.25. The Morgan fingerprint density at radius 1 is 1.10 bits per heavy atom. The quantitative estimate of drug-likeness (QED) is 0.618. The number of fused-ring (bicyclic) bond motifs is 1. The molecular formula is C23H29NO5. The lowest BCUT2D eigenvalue weighted by molar-refractivity contribution is -0.147. The fraction of sp³-hybridized carbons (Fsp3) is 0.435. The molecular weight excluding hydrogens is 370 g/mol. The van der Waals surface area contributed by atoms with Crippen LogP contribution in [-0.2, 0) is 22.6 Å². The molecule has 1 aliphatic heterocycles. The Morgan fingerprint density at radius 2 is 1.79 bits per heavy atom. The summed E-state index contributed by atoms with van der Waals surface area (Å²) in [7, 11) is 0. The van der Waals surface area contributed by atoms with Gasteiger partial charge >= 0.3 is 5.97 Å². The molecule has 1 atom stereocenters. The Morgan fingerprint density at radius 3 is 2.55 bits per heavy atom. The van der Waals surface area contributed by atoms with Crippen LogP contribution >= 0.6 is 0 Å². The number of rotatable bonds is 10. The molecule has 2 aromatic rings. The van der Waals surface area contributed by atoms with Gasteiger partial charge in [0.1, 0.15) is 12.7 Å². The maximum Gasteiger partial charge on any atom is 0.305 e. The fourth-order valence-corrected chi connectivity index (χ4v) is 3.25. The number of hydrogen-bond acceptors (Lipinski definition) is 6. The standard InChI is InChI=1S/C23H29NO5/c1-3-4-23(26)27-15-20(25)14-24(12-18-7-5-17(2)6-8-18)13-19-9-10-21-22(11-19)29-16-28-21/h5-11,20,25H,3-4,12-16H2,1-2H3. The Labute approximate surface area is 172 Å². The molecule has 0 spiro atoms. The van der Waals surface area contributed by atoms with Gasteiger partial charge < -0.3 is 19.3 Å². The molecule has 0 fully saturated rings. The van der Waals surface area contributed by atoms with E-state index >= 15 is 0 Å². The van der Waals surface area contributed by atoms with Crippen LogP contribution in [0.4, 0.5) is 0 Å². The number of aliphatic hydroxyl groups is 1. The van der Waals surface area contributed by atoms with Crippen LogP contribution in [0.25, 0.3) is 0 Å². The minimum Gasteiger partial charge on any atom is -0.463 e. The molecule has 1 N–H and O–H groups in total. The molecule has 1 unspecified atom stereocenters. The van der Waals surface area contributed by atoms with Gasteiger partial charge in [-0.25, -0.2) is 0 Å². The summed E-state index contributed by atoms with van der Waals surface area (Å²) in [6, 6.07) is 14.2.